The lowest BCUT2D eigenvalue weighted by Gasteiger charge is -2.10. The van der Waals surface area contributed by atoms with E-state index < -0.39 is 0 Å². The zero-order valence-electron chi connectivity index (χ0n) is 11.7. The fourth-order valence-electron chi connectivity index (χ4n) is 2.05. The Morgan fingerprint density at radius 2 is 2.05 bits per heavy atom. The molecule has 104 valence electrons. The van der Waals surface area contributed by atoms with Gasteiger partial charge in [0, 0.05) is 24.1 Å². The van der Waals surface area contributed by atoms with Gasteiger partial charge in [0.25, 0.3) is 0 Å². The fourth-order valence-corrected chi connectivity index (χ4v) is 2.05. The predicted octanol–water partition coefficient (Wildman–Crippen LogP) is 3.41. The summed E-state index contributed by atoms with van der Waals surface area (Å²) in [5, 5.41) is 11.8. The Hall–Kier alpha value is -2.41. The van der Waals surface area contributed by atoms with Crippen LogP contribution in [-0.4, -0.2) is 11.2 Å². The summed E-state index contributed by atoms with van der Waals surface area (Å²) in [6.45, 7) is 4.10. The van der Waals surface area contributed by atoms with E-state index in [0.29, 0.717) is 5.75 Å². The van der Waals surface area contributed by atoms with Crippen molar-refractivity contribution in [2.45, 2.75) is 26.4 Å². The number of nitrogens with one attached hydrogen (secondary N) is 1. The van der Waals surface area contributed by atoms with Crippen LogP contribution in [0.1, 0.15) is 19.0 Å². The van der Waals surface area contributed by atoms with Crippen LogP contribution in [0.4, 0.5) is 5.69 Å². The van der Waals surface area contributed by atoms with Gasteiger partial charge in [-0.1, -0.05) is 6.92 Å². The Kier molecular flexibility index (Phi) is 5.08. The van der Waals surface area contributed by atoms with Gasteiger partial charge in [0.15, 0.2) is 6.61 Å². The Balaban J connectivity index is 1.90. The van der Waals surface area contributed by atoms with E-state index in [1.165, 1.54) is 5.69 Å². The number of aryl methyl sites for hydroxylation is 1. The van der Waals surface area contributed by atoms with Crippen molar-refractivity contribution in [2.75, 3.05) is 11.9 Å². The number of nitrogens with zero attached hydrogens (tertiary/aromatic N) is 2. The van der Waals surface area contributed by atoms with Crippen LogP contribution in [0.2, 0.25) is 0 Å². The number of hydrogen-bond donors (Lipinski definition) is 1. The topological polar surface area (TPSA) is 50.0 Å². The van der Waals surface area contributed by atoms with Crippen LogP contribution in [0.25, 0.3) is 0 Å². The van der Waals surface area contributed by atoms with Crippen LogP contribution in [0.15, 0.2) is 42.6 Å². The molecule has 4 nitrogen and oxygen atoms in total. The Morgan fingerprint density at radius 1 is 1.25 bits per heavy atom. The Labute approximate surface area is 119 Å². The number of ether oxygens (including phenoxy) is 1. The second kappa shape index (κ2) is 7.25. The first-order valence-corrected chi connectivity index (χ1v) is 6.81. The van der Waals surface area contributed by atoms with Crippen LogP contribution >= 0.6 is 0 Å². The molecule has 0 atom stereocenters. The molecule has 0 bridgehead atoms. The van der Waals surface area contributed by atoms with Crippen molar-refractivity contribution >= 4 is 5.69 Å². The molecule has 1 N–H and O–H groups in total. The summed E-state index contributed by atoms with van der Waals surface area (Å²) in [5.41, 5.74) is 2.32. The first kappa shape index (κ1) is 14.0. The van der Waals surface area contributed by atoms with Gasteiger partial charge in [0.1, 0.15) is 11.8 Å². The van der Waals surface area contributed by atoms with Crippen LogP contribution < -0.4 is 10.1 Å². The average Bonchev–Trinajstić information content (AvgIpc) is 2.92. The normalized spacial score (nSPS) is 10.0. The molecule has 2 rings (SSSR count). The zero-order chi connectivity index (χ0) is 14.2. The van der Waals surface area contributed by atoms with Crippen LogP contribution in [-0.2, 0) is 13.1 Å². The summed E-state index contributed by atoms with van der Waals surface area (Å²) in [7, 11) is 0. The van der Waals surface area contributed by atoms with E-state index in [2.05, 4.69) is 35.1 Å². The number of anilines is 1. The predicted molar refractivity (Wildman–Crippen MR) is 79.6 cm³/mol. The first-order chi connectivity index (χ1) is 9.83. The van der Waals surface area contributed by atoms with Gasteiger partial charge in [-0.25, -0.2) is 0 Å². The molecule has 20 heavy (non-hydrogen) atoms. The molecule has 4 heteroatoms. The number of nitriles is 1. The average molecular weight is 269 g/mol. The quantitative estimate of drug-likeness (QED) is 0.838. The molecule has 0 spiro atoms. The van der Waals surface area contributed by atoms with Crippen molar-refractivity contribution < 1.29 is 4.74 Å². The second-order valence-corrected chi connectivity index (χ2v) is 4.52. The van der Waals surface area contributed by atoms with Crippen LogP contribution in [0.3, 0.4) is 0 Å². The molecule has 0 radical (unpaired) electrons. The van der Waals surface area contributed by atoms with Crippen molar-refractivity contribution in [1.82, 2.24) is 4.57 Å². The van der Waals surface area contributed by atoms with Crippen molar-refractivity contribution in [1.29, 1.82) is 5.26 Å². The fraction of sp³-hybridized carbons (Fsp3) is 0.312. The van der Waals surface area contributed by atoms with Gasteiger partial charge in [-0.2, -0.15) is 5.26 Å². The summed E-state index contributed by atoms with van der Waals surface area (Å²) in [6.07, 6.45) is 3.24. The third-order valence-corrected chi connectivity index (χ3v) is 3.02. The van der Waals surface area contributed by atoms with Crippen molar-refractivity contribution in [3.63, 3.8) is 0 Å². The molecule has 0 saturated carbocycles. The lowest BCUT2D eigenvalue weighted by atomic mass is 10.3. The third kappa shape index (κ3) is 3.79. The number of rotatable bonds is 7. The minimum absolute atomic E-state index is 0.0807. The van der Waals surface area contributed by atoms with Gasteiger partial charge in [0.05, 0.1) is 6.54 Å². The lowest BCUT2D eigenvalue weighted by Crippen LogP contribution is -2.06. The third-order valence-electron chi connectivity index (χ3n) is 3.02. The van der Waals surface area contributed by atoms with Crippen molar-refractivity contribution in [3.05, 3.63) is 48.3 Å². The molecular formula is C16H19N3O. The van der Waals surface area contributed by atoms with Gasteiger partial charge in [0.2, 0.25) is 0 Å². The Bertz CT molecular complexity index is 566. The van der Waals surface area contributed by atoms with E-state index in [0.717, 1.165) is 25.2 Å². The zero-order valence-corrected chi connectivity index (χ0v) is 11.7. The van der Waals surface area contributed by atoms with E-state index in [4.69, 9.17) is 10.00 Å². The maximum Gasteiger partial charge on any atom is 0.174 e. The highest BCUT2D eigenvalue weighted by molar-refractivity contribution is 5.46. The summed E-state index contributed by atoms with van der Waals surface area (Å²) >= 11 is 0. The minimum atomic E-state index is 0.0807. The van der Waals surface area contributed by atoms with Gasteiger partial charge in [-0.15, -0.1) is 0 Å². The summed E-state index contributed by atoms with van der Waals surface area (Å²) < 4.78 is 7.48. The second-order valence-electron chi connectivity index (χ2n) is 4.52. The van der Waals surface area contributed by atoms with Crippen molar-refractivity contribution in [3.8, 4) is 11.8 Å². The van der Waals surface area contributed by atoms with E-state index in [-0.39, 0.29) is 6.61 Å². The summed E-state index contributed by atoms with van der Waals surface area (Å²) in [5.74, 6) is 0.714. The highest BCUT2D eigenvalue weighted by Gasteiger charge is 2.00. The van der Waals surface area contributed by atoms with E-state index in [9.17, 15) is 0 Å². The van der Waals surface area contributed by atoms with Crippen LogP contribution in [0.5, 0.6) is 5.75 Å². The van der Waals surface area contributed by atoms with Crippen LogP contribution in [0, 0.1) is 11.3 Å². The molecule has 0 aliphatic heterocycles. The number of benzene rings is 1. The molecule has 0 fully saturated rings. The summed E-state index contributed by atoms with van der Waals surface area (Å²) in [6, 6.07) is 13.8. The van der Waals surface area contributed by atoms with Gasteiger partial charge >= 0.3 is 0 Å². The molecule has 1 aromatic heterocycles. The van der Waals surface area contributed by atoms with Crippen molar-refractivity contribution in [2.24, 2.45) is 0 Å². The standard InChI is InChI=1S/C16H19N3O/c1-2-10-19-11-3-4-15(19)13-18-14-5-7-16(8-6-14)20-12-9-17/h3-8,11,18H,2,10,12-13H2,1H3. The monoisotopic (exact) mass is 269 g/mol. The maximum atomic E-state index is 8.45. The number of aromatic nitrogens is 1. The van der Waals surface area contributed by atoms with Gasteiger partial charge in [-0.05, 0) is 42.8 Å². The highest BCUT2D eigenvalue weighted by atomic mass is 16.5. The summed E-state index contributed by atoms with van der Waals surface area (Å²) in [4.78, 5) is 0. The molecule has 1 heterocycles. The van der Waals surface area contributed by atoms with Gasteiger partial charge in [-0.3, -0.25) is 0 Å². The molecule has 0 aliphatic rings. The van der Waals surface area contributed by atoms with E-state index in [1.54, 1.807) is 0 Å². The minimum Gasteiger partial charge on any atom is -0.479 e. The van der Waals surface area contributed by atoms with E-state index >= 15 is 0 Å². The molecule has 0 saturated heterocycles. The SMILES string of the molecule is CCCn1cccc1CNc1ccc(OCC#N)cc1. The molecular weight excluding hydrogens is 250 g/mol. The maximum absolute atomic E-state index is 8.45. The molecule has 0 amide bonds. The smallest absolute Gasteiger partial charge is 0.174 e. The molecule has 0 aliphatic carbocycles. The number of hydrogen-bond acceptors (Lipinski definition) is 3. The largest absolute Gasteiger partial charge is 0.479 e. The van der Waals surface area contributed by atoms with Gasteiger partial charge < -0.3 is 14.6 Å². The first-order valence-electron chi connectivity index (χ1n) is 6.81. The lowest BCUT2D eigenvalue weighted by molar-refractivity contribution is 0.368. The molecule has 0 unspecified atom stereocenters. The van der Waals surface area contributed by atoms with E-state index in [1.807, 2.05) is 30.3 Å². The molecule has 2 aromatic rings. The molecule has 1 aromatic carbocycles. The highest BCUT2D eigenvalue weighted by Crippen LogP contribution is 2.16. The Morgan fingerprint density at radius 3 is 2.75 bits per heavy atom.